The molecule has 1 fully saturated rings. The molecule has 148 valence electrons. The average Bonchev–Trinajstić information content (AvgIpc) is 2.66. The number of benzene rings is 1. The van der Waals surface area contributed by atoms with Gasteiger partial charge in [0.05, 0.1) is 18.1 Å². The van der Waals surface area contributed by atoms with E-state index in [0.717, 1.165) is 38.0 Å². The molecular weight excluding hydrogens is 338 g/mol. The van der Waals surface area contributed by atoms with E-state index >= 15 is 0 Å². The summed E-state index contributed by atoms with van der Waals surface area (Å²) in [5.41, 5.74) is 1.91. The molecule has 1 unspecified atom stereocenters. The van der Waals surface area contributed by atoms with Crippen molar-refractivity contribution in [3.8, 4) is 6.07 Å². The Balaban J connectivity index is 1.93. The molecule has 0 radical (unpaired) electrons. The van der Waals surface area contributed by atoms with Crippen molar-refractivity contribution in [1.82, 2.24) is 9.80 Å². The van der Waals surface area contributed by atoms with Gasteiger partial charge in [-0.2, -0.15) is 5.26 Å². The quantitative estimate of drug-likeness (QED) is 0.728. The van der Waals surface area contributed by atoms with Crippen molar-refractivity contribution >= 4 is 6.09 Å². The minimum absolute atomic E-state index is 0.208. The highest BCUT2D eigenvalue weighted by Gasteiger charge is 2.36. The fraction of sp³-hybridized carbons (Fsp3) is 0.636. The number of carbonyl (C=O) groups is 1. The molecular formula is C22H33N3O2. The van der Waals surface area contributed by atoms with Crippen LogP contribution in [0.5, 0.6) is 0 Å². The van der Waals surface area contributed by atoms with E-state index in [-0.39, 0.29) is 12.0 Å². The molecule has 1 aliphatic rings. The Morgan fingerprint density at radius 3 is 2.48 bits per heavy atom. The van der Waals surface area contributed by atoms with Gasteiger partial charge >= 0.3 is 6.09 Å². The Kier molecular flexibility index (Phi) is 7.67. The first-order chi connectivity index (χ1) is 12.9. The van der Waals surface area contributed by atoms with Crippen molar-refractivity contribution in [2.45, 2.75) is 46.0 Å². The maximum atomic E-state index is 11.8. The first-order valence-corrected chi connectivity index (χ1v) is 10.1. The predicted molar refractivity (Wildman–Crippen MR) is 108 cm³/mol. The molecule has 5 nitrogen and oxygen atoms in total. The van der Waals surface area contributed by atoms with E-state index in [1.165, 1.54) is 5.56 Å². The van der Waals surface area contributed by atoms with Gasteiger partial charge in [0, 0.05) is 26.2 Å². The summed E-state index contributed by atoms with van der Waals surface area (Å²) in [6, 6.07) is 10.9. The lowest BCUT2D eigenvalue weighted by Crippen LogP contribution is -2.49. The van der Waals surface area contributed by atoms with Crippen LogP contribution in [0.25, 0.3) is 0 Å². The van der Waals surface area contributed by atoms with E-state index in [4.69, 9.17) is 4.74 Å². The van der Waals surface area contributed by atoms with E-state index in [1.807, 2.05) is 19.1 Å². The van der Waals surface area contributed by atoms with Crippen LogP contribution in [0.1, 0.15) is 44.7 Å². The van der Waals surface area contributed by atoms with E-state index in [1.54, 1.807) is 4.90 Å². The lowest BCUT2D eigenvalue weighted by Gasteiger charge is -2.36. The predicted octanol–water partition coefficient (Wildman–Crippen LogP) is 3.97. The maximum absolute atomic E-state index is 11.8. The van der Waals surface area contributed by atoms with Crippen LogP contribution in [-0.2, 0) is 10.2 Å². The summed E-state index contributed by atoms with van der Waals surface area (Å²) in [6.45, 7) is 12.8. The Morgan fingerprint density at radius 1 is 1.26 bits per heavy atom. The second-order valence-corrected chi connectivity index (χ2v) is 7.68. The zero-order chi connectivity index (χ0) is 19.9. The number of carbonyl (C=O) groups excluding carboxylic acids is 1. The number of amides is 1. The summed E-state index contributed by atoms with van der Waals surface area (Å²) < 4.78 is 5.08. The average molecular weight is 372 g/mol. The monoisotopic (exact) mass is 371 g/mol. The molecule has 2 rings (SSSR count). The van der Waals surface area contributed by atoms with Crippen LogP contribution in [0.4, 0.5) is 4.79 Å². The van der Waals surface area contributed by atoms with Crippen LogP contribution < -0.4 is 0 Å². The van der Waals surface area contributed by atoms with Gasteiger partial charge in [-0.15, -0.1) is 0 Å². The minimum Gasteiger partial charge on any atom is -0.450 e. The fourth-order valence-electron chi connectivity index (χ4n) is 4.00. The standard InChI is InChI=1S/C22H33N3O2/c1-5-27-21(26)25-15-13-24(14-16-25)12-8-11-22(17-23,18(2)3)20-10-7-6-9-19(20)4/h6-7,9-10,18H,5,8,11-16H2,1-4H3. The molecule has 0 aliphatic carbocycles. The third-order valence-corrected chi connectivity index (χ3v) is 5.75. The van der Waals surface area contributed by atoms with Gasteiger partial charge in [0.15, 0.2) is 0 Å². The molecule has 0 aromatic heterocycles. The Hall–Kier alpha value is -2.06. The van der Waals surface area contributed by atoms with Gasteiger partial charge < -0.3 is 9.64 Å². The van der Waals surface area contributed by atoms with E-state index in [2.05, 4.69) is 43.9 Å². The van der Waals surface area contributed by atoms with Gasteiger partial charge in [-0.25, -0.2) is 4.79 Å². The topological polar surface area (TPSA) is 56.6 Å². The van der Waals surface area contributed by atoms with Gasteiger partial charge in [-0.1, -0.05) is 38.1 Å². The van der Waals surface area contributed by atoms with Gasteiger partial charge in [0.2, 0.25) is 0 Å². The van der Waals surface area contributed by atoms with Gasteiger partial charge in [-0.3, -0.25) is 4.90 Å². The molecule has 1 aliphatic heterocycles. The van der Waals surface area contributed by atoms with Crippen molar-refractivity contribution in [1.29, 1.82) is 5.26 Å². The Labute approximate surface area is 163 Å². The van der Waals surface area contributed by atoms with Gasteiger partial charge in [0.25, 0.3) is 0 Å². The molecule has 1 saturated heterocycles. The lowest BCUT2D eigenvalue weighted by molar-refractivity contribution is 0.0787. The van der Waals surface area contributed by atoms with Crippen LogP contribution in [0.3, 0.4) is 0 Å². The normalized spacial score (nSPS) is 17.4. The highest BCUT2D eigenvalue weighted by molar-refractivity contribution is 5.67. The van der Waals surface area contributed by atoms with Crippen molar-refractivity contribution in [3.63, 3.8) is 0 Å². The third kappa shape index (κ3) is 5.01. The number of nitriles is 1. The smallest absolute Gasteiger partial charge is 0.409 e. The number of rotatable bonds is 7. The number of hydrogen-bond acceptors (Lipinski definition) is 4. The van der Waals surface area contributed by atoms with Crippen LogP contribution in [0.2, 0.25) is 0 Å². The van der Waals surface area contributed by atoms with Crippen molar-refractivity contribution < 1.29 is 9.53 Å². The molecule has 1 aromatic rings. The van der Waals surface area contributed by atoms with Crippen molar-refractivity contribution in [2.75, 3.05) is 39.3 Å². The molecule has 1 heterocycles. The molecule has 1 atom stereocenters. The first kappa shape index (κ1) is 21.2. The van der Waals surface area contributed by atoms with E-state index in [9.17, 15) is 10.1 Å². The third-order valence-electron chi connectivity index (χ3n) is 5.75. The molecule has 1 amide bonds. The van der Waals surface area contributed by atoms with E-state index < -0.39 is 5.41 Å². The molecule has 0 N–H and O–H groups in total. The van der Waals surface area contributed by atoms with E-state index in [0.29, 0.717) is 19.7 Å². The van der Waals surface area contributed by atoms with Crippen LogP contribution in [0, 0.1) is 24.2 Å². The first-order valence-electron chi connectivity index (χ1n) is 10.1. The maximum Gasteiger partial charge on any atom is 0.409 e. The lowest BCUT2D eigenvalue weighted by atomic mass is 9.68. The molecule has 5 heteroatoms. The summed E-state index contributed by atoms with van der Waals surface area (Å²) >= 11 is 0. The molecule has 0 saturated carbocycles. The summed E-state index contributed by atoms with van der Waals surface area (Å²) in [4.78, 5) is 16.0. The zero-order valence-electron chi connectivity index (χ0n) is 17.2. The molecule has 1 aromatic carbocycles. The SMILES string of the molecule is CCOC(=O)N1CCN(CCCC(C#N)(c2ccccc2C)C(C)C)CC1. The zero-order valence-corrected chi connectivity index (χ0v) is 17.2. The fourth-order valence-corrected chi connectivity index (χ4v) is 4.00. The summed E-state index contributed by atoms with van der Waals surface area (Å²) in [5, 5.41) is 10.1. The molecule has 27 heavy (non-hydrogen) atoms. The Morgan fingerprint density at radius 2 is 1.93 bits per heavy atom. The number of ether oxygens (including phenoxy) is 1. The number of piperazine rings is 1. The highest BCUT2D eigenvalue weighted by Crippen LogP contribution is 2.38. The van der Waals surface area contributed by atoms with Crippen molar-refractivity contribution in [2.24, 2.45) is 5.92 Å². The number of aryl methyl sites for hydroxylation is 1. The summed E-state index contributed by atoms with van der Waals surface area (Å²) in [7, 11) is 0. The Bertz CT molecular complexity index is 660. The number of nitrogens with zero attached hydrogens (tertiary/aromatic N) is 3. The summed E-state index contributed by atoms with van der Waals surface area (Å²) in [6.07, 6.45) is 1.61. The van der Waals surface area contributed by atoms with Crippen molar-refractivity contribution in [3.05, 3.63) is 35.4 Å². The largest absolute Gasteiger partial charge is 0.450 e. The second-order valence-electron chi connectivity index (χ2n) is 7.68. The summed E-state index contributed by atoms with van der Waals surface area (Å²) in [5.74, 6) is 0.254. The number of hydrogen-bond donors (Lipinski definition) is 0. The molecule has 0 bridgehead atoms. The van der Waals surface area contributed by atoms with Crippen LogP contribution in [0.15, 0.2) is 24.3 Å². The van der Waals surface area contributed by atoms with Gasteiger partial charge in [-0.05, 0) is 50.3 Å². The minimum atomic E-state index is -0.446. The van der Waals surface area contributed by atoms with Crippen LogP contribution >= 0.6 is 0 Å². The van der Waals surface area contributed by atoms with Crippen LogP contribution in [-0.4, -0.2) is 55.2 Å². The molecule has 0 spiro atoms. The second kappa shape index (κ2) is 9.75. The highest BCUT2D eigenvalue weighted by atomic mass is 16.6. The van der Waals surface area contributed by atoms with Gasteiger partial charge in [0.1, 0.15) is 0 Å².